The molecule has 0 unspecified atom stereocenters. The fraction of sp³-hybridized carbons (Fsp3) is 1.00. The van der Waals surface area contributed by atoms with Gasteiger partial charge in [-0.15, -0.1) is 23.2 Å². The van der Waals surface area contributed by atoms with Gasteiger partial charge in [-0.05, 0) is 6.92 Å². The molecule has 0 aliphatic carbocycles. The van der Waals surface area contributed by atoms with Crippen molar-refractivity contribution in [3.05, 3.63) is 0 Å². The molecule has 1 nitrogen and oxygen atoms in total. The largest absolute Gasteiger partial charge is 0.379 e. The van der Waals surface area contributed by atoms with Gasteiger partial charge in [0.2, 0.25) is 0 Å². The summed E-state index contributed by atoms with van der Waals surface area (Å²) in [6, 6.07) is 0. The van der Waals surface area contributed by atoms with Crippen LogP contribution in [0.3, 0.4) is 0 Å². The molecule has 0 heterocycles. The molecular formula is C4H8Cl2OZn. The molecule has 0 bridgehead atoms. The van der Waals surface area contributed by atoms with Crippen LogP contribution in [0.4, 0.5) is 0 Å². The zero-order valence-electron chi connectivity index (χ0n) is 4.86. The number of halogens is 2. The van der Waals surface area contributed by atoms with Gasteiger partial charge in [0.1, 0.15) is 4.84 Å². The predicted molar refractivity (Wildman–Crippen MR) is 32.0 cm³/mol. The molecule has 0 fully saturated rings. The molecule has 0 atom stereocenters. The summed E-state index contributed by atoms with van der Waals surface area (Å²) in [4.78, 5) is -0.375. The van der Waals surface area contributed by atoms with E-state index in [1.165, 1.54) is 0 Å². The van der Waals surface area contributed by atoms with E-state index in [0.717, 1.165) is 0 Å². The molecule has 0 saturated heterocycles. The minimum atomic E-state index is -0.375. The first-order chi connectivity index (χ1) is 3.27. The molecule has 0 aromatic rings. The van der Waals surface area contributed by atoms with Crippen LogP contribution in [0.25, 0.3) is 0 Å². The second-order valence-electron chi connectivity index (χ2n) is 1.05. The van der Waals surface area contributed by atoms with Crippen LogP contribution in [-0.4, -0.2) is 18.1 Å². The van der Waals surface area contributed by atoms with Crippen molar-refractivity contribution in [3.8, 4) is 0 Å². The van der Waals surface area contributed by atoms with Crippen molar-refractivity contribution in [2.24, 2.45) is 0 Å². The maximum atomic E-state index is 5.30. The van der Waals surface area contributed by atoms with Crippen molar-refractivity contribution in [1.29, 1.82) is 0 Å². The van der Waals surface area contributed by atoms with Gasteiger partial charge in [0, 0.05) is 26.1 Å². The van der Waals surface area contributed by atoms with Crippen LogP contribution < -0.4 is 0 Å². The fourth-order valence-corrected chi connectivity index (χ4v) is 0.385. The van der Waals surface area contributed by atoms with Crippen molar-refractivity contribution >= 4 is 23.2 Å². The first kappa shape index (κ1) is 11.9. The van der Waals surface area contributed by atoms with E-state index in [1.807, 2.05) is 6.92 Å². The van der Waals surface area contributed by atoms with Crippen molar-refractivity contribution < 1.29 is 24.2 Å². The molecule has 0 aromatic carbocycles. The minimum absolute atomic E-state index is 0. The summed E-state index contributed by atoms with van der Waals surface area (Å²) in [6.07, 6.45) is 0. The smallest absolute Gasteiger partial charge is 0.131 e. The molecule has 46 valence electrons. The molecule has 0 spiro atoms. The van der Waals surface area contributed by atoms with Gasteiger partial charge in [0.15, 0.2) is 0 Å². The summed E-state index contributed by atoms with van der Waals surface area (Å²) in [5.41, 5.74) is 0. The zero-order valence-corrected chi connectivity index (χ0v) is 9.34. The number of hydrogen-bond acceptors (Lipinski definition) is 1. The van der Waals surface area contributed by atoms with Gasteiger partial charge in [0.25, 0.3) is 0 Å². The Bertz CT molecular complexity index is 43.0. The molecule has 0 aliphatic heterocycles. The summed E-state index contributed by atoms with van der Waals surface area (Å²) in [6.45, 7) is 3.01. The Hall–Kier alpha value is 1.16. The van der Waals surface area contributed by atoms with Crippen molar-refractivity contribution in [3.63, 3.8) is 0 Å². The standard InChI is InChI=1S/C4H8Cl2O.Zn/c1-2-7-3-4(5)6;/h4H,2-3H2,1H3;. The summed E-state index contributed by atoms with van der Waals surface area (Å²) in [5, 5.41) is 0. The van der Waals surface area contributed by atoms with E-state index in [2.05, 4.69) is 0 Å². The molecule has 8 heavy (non-hydrogen) atoms. The maximum Gasteiger partial charge on any atom is 0.131 e. The topological polar surface area (TPSA) is 9.23 Å². The van der Waals surface area contributed by atoms with Crippen LogP contribution in [0.2, 0.25) is 0 Å². The van der Waals surface area contributed by atoms with Gasteiger partial charge >= 0.3 is 0 Å². The second-order valence-corrected chi connectivity index (χ2v) is 2.33. The third-order valence-electron chi connectivity index (χ3n) is 0.448. The van der Waals surface area contributed by atoms with E-state index in [9.17, 15) is 0 Å². The van der Waals surface area contributed by atoms with E-state index in [4.69, 9.17) is 27.9 Å². The molecular weight excluding hydrogens is 200 g/mol. The van der Waals surface area contributed by atoms with E-state index < -0.39 is 0 Å². The maximum absolute atomic E-state index is 5.30. The summed E-state index contributed by atoms with van der Waals surface area (Å²) >= 11 is 10.6. The molecule has 0 rings (SSSR count). The van der Waals surface area contributed by atoms with E-state index in [-0.39, 0.29) is 24.3 Å². The molecule has 4 heteroatoms. The second kappa shape index (κ2) is 8.16. The SMILES string of the molecule is CCOCC(Cl)Cl.[Zn]. The van der Waals surface area contributed by atoms with Crippen molar-refractivity contribution in [1.82, 2.24) is 0 Å². The monoisotopic (exact) mass is 206 g/mol. The Morgan fingerprint density at radius 2 is 2.00 bits per heavy atom. The van der Waals surface area contributed by atoms with Gasteiger partial charge in [-0.3, -0.25) is 0 Å². The molecule has 0 N–H and O–H groups in total. The fourth-order valence-electron chi connectivity index (χ4n) is 0.207. The Balaban J connectivity index is 0. The van der Waals surface area contributed by atoms with E-state index in [1.54, 1.807) is 0 Å². The average molecular weight is 208 g/mol. The average Bonchev–Trinajstić information content (AvgIpc) is 1.61. The van der Waals surface area contributed by atoms with Crippen LogP contribution >= 0.6 is 23.2 Å². The van der Waals surface area contributed by atoms with Crippen molar-refractivity contribution in [2.75, 3.05) is 13.2 Å². The molecule has 0 amide bonds. The van der Waals surface area contributed by atoms with Crippen molar-refractivity contribution in [2.45, 2.75) is 11.8 Å². The molecule has 0 radical (unpaired) electrons. The number of hydrogen-bond donors (Lipinski definition) is 0. The Morgan fingerprint density at radius 3 is 2.12 bits per heavy atom. The Labute approximate surface area is 72.4 Å². The number of rotatable bonds is 3. The normalized spacial score (nSPS) is 9.00. The number of alkyl halides is 2. The summed E-state index contributed by atoms with van der Waals surface area (Å²) in [5.74, 6) is 0. The van der Waals surface area contributed by atoms with Gasteiger partial charge in [-0.2, -0.15) is 0 Å². The van der Waals surface area contributed by atoms with Crippen LogP contribution in [-0.2, 0) is 24.2 Å². The zero-order chi connectivity index (χ0) is 5.70. The van der Waals surface area contributed by atoms with Gasteiger partial charge in [-0.1, -0.05) is 0 Å². The van der Waals surface area contributed by atoms with Crippen LogP contribution in [0, 0.1) is 0 Å². The summed E-state index contributed by atoms with van der Waals surface area (Å²) in [7, 11) is 0. The van der Waals surface area contributed by atoms with Crippen LogP contribution in [0.1, 0.15) is 6.92 Å². The summed E-state index contributed by atoms with van der Waals surface area (Å²) < 4.78 is 4.83. The van der Waals surface area contributed by atoms with Crippen LogP contribution in [0.5, 0.6) is 0 Å². The molecule has 0 saturated carbocycles. The van der Waals surface area contributed by atoms with Gasteiger partial charge in [0.05, 0.1) is 6.61 Å². The first-order valence-corrected chi connectivity index (χ1v) is 3.00. The van der Waals surface area contributed by atoms with E-state index in [0.29, 0.717) is 13.2 Å². The van der Waals surface area contributed by atoms with Gasteiger partial charge < -0.3 is 4.74 Å². The molecule has 0 aliphatic rings. The third kappa shape index (κ3) is 10.2. The first-order valence-electron chi connectivity index (χ1n) is 2.13. The Kier molecular flexibility index (Phi) is 12.1. The van der Waals surface area contributed by atoms with E-state index >= 15 is 0 Å². The number of ether oxygens (including phenoxy) is 1. The predicted octanol–water partition coefficient (Wildman–Crippen LogP) is 1.82. The van der Waals surface area contributed by atoms with Gasteiger partial charge in [-0.25, -0.2) is 0 Å². The van der Waals surface area contributed by atoms with Crippen LogP contribution in [0.15, 0.2) is 0 Å². The third-order valence-corrected chi connectivity index (χ3v) is 0.700. The molecule has 0 aromatic heterocycles. The Morgan fingerprint density at radius 1 is 1.50 bits per heavy atom. The quantitative estimate of drug-likeness (QED) is 0.508. The minimum Gasteiger partial charge on any atom is -0.379 e.